The van der Waals surface area contributed by atoms with Gasteiger partial charge in [0.1, 0.15) is 12.2 Å². The summed E-state index contributed by atoms with van der Waals surface area (Å²) in [5, 5.41) is 43.7. The summed E-state index contributed by atoms with van der Waals surface area (Å²) in [6, 6.07) is -0.997. The van der Waals surface area contributed by atoms with E-state index in [1.54, 1.807) is 0 Å². The Bertz CT molecular complexity index is 761. The second-order valence-electron chi connectivity index (χ2n) is 16.5. The number of rotatable bonds is 43. The Morgan fingerprint density at radius 3 is 1.13 bits per heavy atom. The van der Waals surface area contributed by atoms with E-state index in [0.717, 1.165) is 38.5 Å². The second-order valence-corrected chi connectivity index (χ2v) is 16.5. The molecule has 316 valence electrons. The molecule has 0 aliphatic carbocycles. The van der Waals surface area contributed by atoms with Crippen molar-refractivity contribution in [2.24, 2.45) is 0 Å². The molecular formula is C47H93NO5. The average Bonchev–Trinajstić information content (AvgIpc) is 3.16. The first kappa shape index (κ1) is 52.0. The number of nitrogens with one attached hydrogen (secondary N) is 1. The monoisotopic (exact) mass is 752 g/mol. The van der Waals surface area contributed by atoms with Crippen LogP contribution in [0.5, 0.6) is 0 Å². The minimum atomic E-state index is -1.28. The van der Waals surface area contributed by atoms with E-state index in [1.807, 2.05) is 0 Å². The normalized spacial score (nSPS) is 14.2. The van der Waals surface area contributed by atoms with Crippen molar-refractivity contribution < 1.29 is 25.2 Å². The van der Waals surface area contributed by atoms with Crippen molar-refractivity contribution in [3.05, 3.63) is 12.2 Å². The Labute approximate surface area is 330 Å². The lowest BCUT2D eigenvalue weighted by Gasteiger charge is -2.27. The SMILES string of the molecule is CCCCCCCCCCC/C=C/CCCC(O)C(O)C(CO)NC(=O)C(O)CCCCCCCCCCCCCCCCCCCCCCCCC. The highest BCUT2D eigenvalue weighted by Crippen LogP contribution is 2.17. The molecule has 5 N–H and O–H groups in total. The molecule has 0 saturated carbocycles. The maximum absolute atomic E-state index is 12.5. The first-order chi connectivity index (χ1) is 26.0. The van der Waals surface area contributed by atoms with Gasteiger partial charge in [-0.2, -0.15) is 0 Å². The van der Waals surface area contributed by atoms with Crippen LogP contribution < -0.4 is 5.32 Å². The Morgan fingerprint density at radius 2 is 0.774 bits per heavy atom. The largest absolute Gasteiger partial charge is 0.394 e. The molecule has 0 aliphatic rings. The van der Waals surface area contributed by atoms with E-state index >= 15 is 0 Å². The summed E-state index contributed by atoms with van der Waals surface area (Å²) in [6.07, 6.45) is 46.8. The van der Waals surface area contributed by atoms with Crippen LogP contribution in [0.4, 0.5) is 0 Å². The van der Waals surface area contributed by atoms with Gasteiger partial charge in [0, 0.05) is 0 Å². The minimum absolute atomic E-state index is 0.368. The van der Waals surface area contributed by atoms with E-state index in [4.69, 9.17) is 0 Å². The van der Waals surface area contributed by atoms with Crippen LogP contribution in [-0.4, -0.2) is 57.3 Å². The maximum Gasteiger partial charge on any atom is 0.249 e. The molecule has 0 aromatic carbocycles. The minimum Gasteiger partial charge on any atom is -0.394 e. The molecule has 1 amide bonds. The van der Waals surface area contributed by atoms with Crippen molar-refractivity contribution in [1.29, 1.82) is 0 Å². The molecule has 0 radical (unpaired) electrons. The molecule has 0 bridgehead atoms. The van der Waals surface area contributed by atoms with Gasteiger partial charge in [0.15, 0.2) is 0 Å². The molecule has 6 nitrogen and oxygen atoms in total. The van der Waals surface area contributed by atoms with E-state index in [-0.39, 0.29) is 0 Å². The lowest BCUT2D eigenvalue weighted by molar-refractivity contribution is -0.132. The van der Waals surface area contributed by atoms with Gasteiger partial charge in [0.2, 0.25) is 5.91 Å². The zero-order valence-electron chi connectivity index (χ0n) is 35.5. The molecular weight excluding hydrogens is 659 g/mol. The number of aliphatic hydroxyl groups excluding tert-OH is 4. The summed E-state index contributed by atoms with van der Waals surface area (Å²) in [7, 11) is 0. The molecule has 0 fully saturated rings. The first-order valence-electron chi connectivity index (χ1n) is 23.6. The van der Waals surface area contributed by atoms with Gasteiger partial charge in [0.05, 0.1) is 18.8 Å². The number of amides is 1. The molecule has 0 saturated heterocycles. The van der Waals surface area contributed by atoms with Crippen molar-refractivity contribution >= 4 is 5.91 Å². The van der Waals surface area contributed by atoms with E-state index in [9.17, 15) is 25.2 Å². The number of carbonyl (C=O) groups excluding carboxylic acids is 1. The second kappa shape index (κ2) is 42.2. The van der Waals surface area contributed by atoms with Gasteiger partial charge < -0.3 is 25.7 Å². The number of allylic oxidation sites excluding steroid dienone is 2. The van der Waals surface area contributed by atoms with Gasteiger partial charge >= 0.3 is 0 Å². The van der Waals surface area contributed by atoms with E-state index in [0.29, 0.717) is 12.8 Å². The van der Waals surface area contributed by atoms with Crippen LogP contribution in [0.3, 0.4) is 0 Å². The molecule has 0 aromatic heterocycles. The van der Waals surface area contributed by atoms with Gasteiger partial charge in [-0.25, -0.2) is 0 Å². The summed E-state index contributed by atoms with van der Waals surface area (Å²) >= 11 is 0. The fourth-order valence-corrected chi connectivity index (χ4v) is 7.46. The standard InChI is InChI=1S/C47H93NO5/c1-3-5-7-9-11-13-15-17-19-20-21-22-23-24-25-26-27-29-31-33-35-37-39-41-45(51)47(53)48-43(42-49)46(52)44(50)40-38-36-34-32-30-28-18-16-14-12-10-8-6-4-2/h32,34,43-46,49-52H,3-31,33,35-42H2,1-2H3,(H,48,53)/b34-32+. The predicted molar refractivity (Wildman–Crippen MR) is 228 cm³/mol. The van der Waals surface area contributed by atoms with Gasteiger partial charge in [0.25, 0.3) is 0 Å². The summed E-state index contributed by atoms with van der Waals surface area (Å²) < 4.78 is 0. The average molecular weight is 752 g/mol. The number of hydrogen-bond donors (Lipinski definition) is 5. The Morgan fingerprint density at radius 1 is 0.453 bits per heavy atom. The summed E-state index contributed by atoms with van der Waals surface area (Å²) in [6.45, 7) is 4.05. The van der Waals surface area contributed by atoms with E-state index < -0.39 is 36.9 Å². The highest BCUT2D eigenvalue weighted by molar-refractivity contribution is 5.80. The van der Waals surface area contributed by atoms with Gasteiger partial charge in [-0.3, -0.25) is 4.79 Å². The molecule has 53 heavy (non-hydrogen) atoms. The van der Waals surface area contributed by atoms with Crippen molar-refractivity contribution in [1.82, 2.24) is 5.32 Å². The van der Waals surface area contributed by atoms with E-state index in [2.05, 4.69) is 31.3 Å². The molecule has 4 atom stereocenters. The van der Waals surface area contributed by atoms with Crippen LogP contribution in [-0.2, 0) is 4.79 Å². The Hall–Kier alpha value is -0.950. The van der Waals surface area contributed by atoms with Crippen molar-refractivity contribution in [2.45, 2.75) is 276 Å². The van der Waals surface area contributed by atoms with Gasteiger partial charge in [-0.15, -0.1) is 0 Å². The topological polar surface area (TPSA) is 110 Å². The molecule has 0 spiro atoms. The third-order valence-electron chi connectivity index (χ3n) is 11.2. The smallest absolute Gasteiger partial charge is 0.249 e. The summed E-state index contributed by atoms with van der Waals surface area (Å²) in [5.41, 5.74) is 0. The third kappa shape index (κ3) is 36.4. The molecule has 0 aromatic rings. The number of carbonyl (C=O) groups is 1. The summed E-state index contributed by atoms with van der Waals surface area (Å²) in [5.74, 6) is -0.589. The zero-order chi connectivity index (χ0) is 38.9. The fraction of sp³-hybridized carbons (Fsp3) is 0.936. The van der Waals surface area contributed by atoms with E-state index in [1.165, 1.54) is 186 Å². The van der Waals surface area contributed by atoms with Crippen molar-refractivity contribution in [3.8, 4) is 0 Å². The Kier molecular flexibility index (Phi) is 41.4. The first-order valence-corrected chi connectivity index (χ1v) is 23.6. The third-order valence-corrected chi connectivity index (χ3v) is 11.2. The Balaban J connectivity index is 3.67. The molecule has 6 heteroatoms. The van der Waals surface area contributed by atoms with Crippen LogP contribution in [0, 0.1) is 0 Å². The van der Waals surface area contributed by atoms with Crippen molar-refractivity contribution in [2.75, 3.05) is 6.61 Å². The quantitative estimate of drug-likeness (QED) is 0.0315. The van der Waals surface area contributed by atoms with Crippen LogP contribution in [0.1, 0.15) is 251 Å². The molecule has 0 heterocycles. The molecule has 4 unspecified atom stereocenters. The van der Waals surface area contributed by atoms with Crippen LogP contribution in [0.25, 0.3) is 0 Å². The highest BCUT2D eigenvalue weighted by atomic mass is 16.3. The van der Waals surface area contributed by atoms with Crippen LogP contribution >= 0.6 is 0 Å². The zero-order valence-corrected chi connectivity index (χ0v) is 35.5. The molecule has 0 rings (SSSR count). The lowest BCUT2D eigenvalue weighted by atomic mass is 10.00. The predicted octanol–water partition coefficient (Wildman–Crippen LogP) is 12.6. The number of hydrogen-bond acceptors (Lipinski definition) is 5. The van der Waals surface area contributed by atoms with Gasteiger partial charge in [-0.05, 0) is 38.5 Å². The number of unbranched alkanes of at least 4 members (excludes halogenated alkanes) is 32. The maximum atomic E-state index is 12.5. The van der Waals surface area contributed by atoms with Crippen molar-refractivity contribution in [3.63, 3.8) is 0 Å². The van der Waals surface area contributed by atoms with Gasteiger partial charge in [-0.1, -0.05) is 225 Å². The number of aliphatic hydroxyl groups is 4. The fourth-order valence-electron chi connectivity index (χ4n) is 7.46. The van der Waals surface area contributed by atoms with Crippen LogP contribution in [0.15, 0.2) is 12.2 Å². The highest BCUT2D eigenvalue weighted by Gasteiger charge is 2.28. The lowest BCUT2D eigenvalue weighted by Crippen LogP contribution is -2.53. The molecule has 0 aliphatic heterocycles. The summed E-state index contributed by atoms with van der Waals surface area (Å²) in [4.78, 5) is 12.5. The van der Waals surface area contributed by atoms with Crippen LogP contribution in [0.2, 0.25) is 0 Å².